The predicted octanol–water partition coefficient (Wildman–Crippen LogP) is 3.30. The second-order valence-electron chi connectivity index (χ2n) is 7.13. The number of aromatic nitrogens is 5. The first-order valence-electron chi connectivity index (χ1n) is 9.35. The number of H-pyrrole nitrogens is 1. The Morgan fingerprint density at radius 2 is 2.10 bits per heavy atom. The van der Waals surface area contributed by atoms with Crippen LogP contribution in [0.5, 0.6) is 0 Å². The molecule has 8 nitrogen and oxygen atoms in total. The molecular formula is C20H17Cl2N7O. The van der Waals surface area contributed by atoms with E-state index >= 15 is 0 Å². The molecule has 4 aromatic rings. The van der Waals surface area contributed by atoms with Crippen LogP contribution in [0.1, 0.15) is 11.4 Å². The Labute approximate surface area is 181 Å². The third-order valence-electron chi connectivity index (χ3n) is 5.38. The Hall–Kier alpha value is -3.10. The van der Waals surface area contributed by atoms with Gasteiger partial charge in [0.25, 0.3) is 0 Å². The summed E-state index contributed by atoms with van der Waals surface area (Å²) in [6.07, 6.45) is 8.52. The zero-order chi connectivity index (χ0) is 20.8. The largest absolute Gasteiger partial charge is 0.398 e. The maximum atomic E-state index is 12.9. The fourth-order valence-electron chi connectivity index (χ4n) is 4.05. The van der Waals surface area contributed by atoms with Crippen molar-refractivity contribution in [3.8, 4) is 11.1 Å². The molecule has 0 aliphatic carbocycles. The Bertz CT molecular complexity index is 1250. The van der Waals surface area contributed by atoms with Crippen LogP contribution >= 0.6 is 23.2 Å². The molecular weight excluding hydrogens is 425 g/mol. The van der Waals surface area contributed by atoms with Gasteiger partial charge in [0.15, 0.2) is 0 Å². The normalized spacial score (nSPS) is 13.6. The van der Waals surface area contributed by atoms with Crippen LogP contribution in [-0.2, 0) is 24.3 Å². The molecule has 1 aromatic carbocycles. The van der Waals surface area contributed by atoms with Crippen LogP contribution in [0.2, 0.25) is 10.0 Å². The number of rotatable bonds is 3. The van der Waals surface area contributed by atoms with Gasteiger partial charge < -0.3 is 15.2 Å². The van der Waals surface area contributed by atoms with E-state index in [2.05, 4.69) is 24.7 Å². The lowest BCUT2D eigenvalue weighted by atomic mass is 10.0. The molecule has 0 saturated carbocycles. The summed E-state index contributed by atoms with van der Waals surface area (Å²) in [5.74, 6) is -0.0118. The number of benzene rings is 1. The number of fused-ring (bicyclic) bond motifs is 3. The summed E-state index contributed by atoms with van der Waals surface area (Å²) in [5, 5.41) is 8.61. The van der Waals surface area contributed by atoms with Gasteiger partial charge in [0.2, 0.25) is 5.91 Å². The number of nitrogen functional groups attached to an aromatic ring is 1. The zero-order valence-corrected chi connectivity index (χ0v) is 17.3. The van der Waals surface area contributed by atoms with E-state index in [1.807, 2.05) is 4.90 Å². The molecule has 30 heavy (non-hydrogen) atoms. The molecule has 1 aliphatic heterocycles. The van der Waals surface area contributed by atoms with Gasteiger partial charge in [0, 0.05) is 65.8 Å². The molecule has 3 N–H and O–H groups in total. The monoisotopic (exact) mass is 441 g/mol. The van der Waals surface area contributed by atoms with Crippen molar-refractivity contribution in [3.63, 3.8) is 0 Å². The quantitative estimate of drug-likeness (QED) is 0.474. The molecule has 0 fully saturated rings. The fraction of sp³-hybridized carbons (Fsp3) is 0.200. The van der Waals surface area contributed by atoms with Crippen molar-refractivity contribution < 1.29 is 4.79 Å². The van der Waals surface area contributed by atoms with E-state index < -0.39 is 0 Å². The number of hydrogen-bond acceptors (Lipinski definition) is 5. The molecule has 0 radical (unpaired) electrons. The van der Waals surface area contributed by atoms with E-state index in [9.17, 15) is 4.79 Å². The smallest absolute Gasteiger partial charge is 0.229 e. The van der Waals surface area contributed by atoms with Crippen LogP contribution in [0.15, 0.2) is 37.1 Å². The number of anilines is 1. The number of carbonyl (C=O) groups is 1. The number of carbonyl (C=O) groups excluding carboxylic acids is 1. The van der Waals surface area contributed by atoms with Crippen molar-refractivity contribution in [1.29, 1.82) is 0 Å². The highest BCUT2D eigenvalue weighted by Gasteiger charge is 2.30. The van der Waals surface area contributed by atoms with Gasteiger partial charge >= 0.3 is 0 Å². The second-order valence-corrected chi connectivity index (χ2v) is 7.92. The molecule has 5 rings (SSSR count). The molecule has 4 heterocycles. The average molecular weight is 442 g/mol. The molecule has 3 aromatic heterocycles. The van der Waals surface area contributed by atoms with Gasteiger partial charge in [0.05, 0.1) is 40.4 Å². The van der Waals surface area contributed by atoms with Crippen LogP contribution in [0.4, 0.5) is 5.69 Å². The van der Waals surface area contributed by atoms with Gasteiger partial charge in [-0.1, -0.05) is 23.2 Å². The molecule has 152 valence electrons. The summed E-state index contributed by atoms with van der Waals surface area (Å²) in [5.41, 5.74) is 11.1. The summed E-state index contributed by atoms with van der Waals surface area (Å²) < 4.78 is 2.11. The van der Waals surface area contributed by atoms with E-state index in [1.54, 1.807) is 37.1 Å². The minimum Gasteiger partial charge on any atom is -0.398 e. The Morgan fingerprint density at radius 3 is 2.83 bits per heavy atom. The van der Waals surface area contributed by atoms with Crippen LogP contribution in [0, 0.1) is 0 Å². The summed E-state index contributed by atoms with van der Waals surface area (Å²) in [4.78, 5) is 23.0. The van der Waals surface area contributed by atoms with Crippen molar-refractivity contribution >= 4 is 45.7 Å². The molecule has 1 aliphatic rings. The van der Waals surface area contributed by atoms with Gasteiger partial charge in [-0.2, -0.15) is 5.10 Å². The summed E-state index contributed by atoms with van der Waals surface area (Å²) >= 11 is 12.9. The molecule has 1 amide bonds. The number of nitrogens with zero attached hydrogens (tertiary/aromatic N) is 5. The van der Waals surface area contributed by atoms with Crippen molar-refractivity contribution in [2.24, 2.45) is 0 Å². The number of nitrogens with two attached hydrogens (primary N) is 1. The van der Waals surface area contributed by atoms with E-state index in [-0.39, 0.29) is 12.3 Å². The highest BCUT2D eigenvalue weighted by atomic mass is 35.5. The van der Waals surface area contributed by atoms with Gasteiger partial charge in [-0.15, -0.1) is 0 Å². The fourth-order valence-corrected chi connectivity index (χ4v) is 4.51. The highest BCUT2D eigenvalue weighted by Crippen LogP contribution is 2.45. The van der Waals surface area contributed by atoms with Crippen LogP contribution in [-0.4, -0.2) is 42.1 Å². The third kappa shape index (κ3) is 3.00. The zero-order valence-electron chi connectivity index (χ0n) is 15.8. The maximum absolute atomic E-state index is 12.9. The number of amides is 1. The lowest BCUT2D eigenvalue weighted by Crippen LogP contribution is -2.39. The lowest BCUT2D eigenvalue weighted by molar-refractivity contribution is -0.131. The Kier molecular flexibility index (Phi) is 4.60. The van der Waals surface area contributed by atoms with Crippen molar-refractivity contribution in [1.82, 2.24) is 29.6 Å². The highest BCUT2D eigenvalue weighted by molar-refractivity contribution is 6.46. The van der Waals surface area contributed by atoms with Gasteiger partial charge in [0.1, 0.15) is 0 Å². The third-order valence-corrected chi connectivity index (χ3v) is 6.16. The molecule has 0 atom stereocenters. The van der Waals surface area contributed by atoms with E-state index in [1.165, 1.54) is 0 Å². The molecule has 0 saturated heterocycles. The number of aromatic amines is 1. The van der Waals surface area contributed by atoms with Crippen LogP contribution in [0.25, 0.3) is 22.0 Å². The van der Waals surface area contributed by atoms with Crippen LogP contribution < -0.4 is 5.73 Å². The first kappa shape index (κ1) is 18.9. The van der Waals surface area contributed by atoms with E-state index in [0.717, 1.165) is 27.7 Å². The Balaban J connectivity index is 1.61. The lowest BCUT2D eigenvalue weighted by Gasteiger charge is -2.30. The van der Waals surface area contributed by atoms with Gasteiger partial charge in [-0.05, 0) is 6.07 Å². The minimum atomic E-state index is -0.0118. The first-order chi connectivity index (χ1) is 14.5. The van der Waals surface area contributed by atoms with E-state index in [4.69, 9.17) is 28.9 Å². The first-order valence-corrected chi connectivity index (χ1v) is 10.1. The Morgan fingerprint density at radius 1 is 1.23 bits per heavy atom. The van der Waals surface area contributed by atoms with Gasteiger partial charge in [-0.3, -0.25) is 19.9 Å². The predicted molar refractivity (Wildman–Crippen MR) is 115 cm³/mol. The summed E-state index contributed by atoms with van der Waals surface area (Å²) in [6, 6.07) is 1.67. The van der Waals surface area contributed by atoms with Crippen molar-refractivity contribution in [2.45, 2.75) is 19.5 Å². The summed E-state index contributed by atoms with van der Waals surface area (Å²) in [7, 11) is 0. The molecule has 0 unspecified atom stereocenters. The minimum absolute atomic E-state index is 0.0118. The SMILES string of the molecule is Nc1cc(Cl)c(Cl)c2c1c(-c1cn[nH]c1)c1n2CCN(C(=O)Cc2cnccn2)C1. The number of halogens is 2. The van der Waals surface area contributed by atoms with Crippen molar-refractivity contribution in [3.05, 3.63) is 58.5 Å². The molecule has 0 bridgehead atoms. The maximum Gasteiger partial charge on any atom is 0.229 e. The van der Waals surface area contributed by atoms with Crippen LogP contribution in [0.3, 0.4) is 0 Å². The number of hydrogen-bond donors (Lipinski definition) is 2. The van der Waals surface area contributed by atoms with E-state index in [0.29, 0.717) is 41.1 Å². The summed E-state index contributed by atoms with van der Waals surface area (Å²) in [6.45, 7) is 1.54. The molecule has 10 heteroatoms. The average Bonchev–Trinajstić information content (AvgIpc) is 3.38. The van der Waals surface area contributed by atoms with Crippen molar-refractivity contribution in [2.75, 3.05) is 12.3 Å². The molecule has 0 spiro atoms. The second kappa shape index (κ2) is 7.30. The topological polar surface area (TPSA) is 106 Å². The number of nitrogens with one attached hydrogen (secondary N) is 1. The van der Waals surface area contributed by atoms with Gasteiger partial charge in [-0.25, -0.2) is 0 Å². The standard InChI is InChI=1S/C20H17Cl2N7O/c21-13-6-14(23)18-17(11-7-26-27-8-11)15-10-28(3-4-29(15)20(18)19(13)22)16(30)5-12-9-24-1-2-25-12/h1-2,6-9H,3-5,10,23H2,(H,26,27).